The van der Waals surface area contributed by atoms with Gasteiger partial charge in [0, 0.05) is 11.1 Å². The molecule has 3 rings (SSSR count). The highest BCUT2D eigenvalue weighted by Crippen LogP contribution is 2.31. The lowest BCUT2D eigenvalue weighted by molar-refractivity contribution is 0.0550. The maximum atomic E-state index is 13.3. The number of carbonyl (C=O) groups excluding carboxylic acids is 2. The van der Waals surface area contributed by atoms with Crippen LogP contribution in [0.5, 0.6) is 0 Å². The minimum absolute atomic E-state index is 0.0152. The number of carbonyl (C=O) groups is 2. The summed E-state index contributed by atoms with van der Waals surface area (Å²) in [5, 5.41) is 0. The Morgan fingerprint density at radius 2 is 1.48 bits per heavy atom. The number of ether oxygens (including phenoxy) is 2. The lowest BCUT2D eigenvalue weighted by Gasteiger charge is -2.14. The van der Waals surface area contributed by atoms with E-state index in [0.717, 1.165) is 0 Å². The second-order valence-electron chi connectivity index (χ2n) is 5.63. The number of esters is 2. The number of rotatable bonds is 4. The SMILES string of the molecule is COC(=O)c1nc(-c2ccc(F)cc2)cc(-c2ccccc2)c1C(=O)OC. The summed E-state index contributed by atoms with van der Waals surface area (Å²) in [5.41, 5.74) is 2.02. The molecule has 1 aromatic heterocycles. The van der Waals surface area contributed by atoms with Crippen molar-refractivity contribution in [1.82, 2.24) is 4.98 Å². The third-order valence-corrected chi connectivity index (χ3v) is 4.01. The molecule has 5 nitrogen and oxygen atoms in total. The summed E-state index contributed by atoms with van der Waals surface area (Å²) in [5.74, 6) is -1.86. The highest BCUT2D eigenvalue weighted by Gasteiger charge is 2.26. The Kier molecular flexibility index (Phi) is 5.26. The van der Waals surface area contributed by atoms with Crippen LogP contribution in [-0.4, -0.2) is 31.1 Å². The van der Waals surface area contributed by atoms with Crippen LogP contribution in [0.1, 0.15) is 20.8 Å². The minimum atomic E-state index is -0.767. The number of hydrogen-bond acceptors (Lipinski definition) is 5. The summed E-state index contributed by atoms with van der Waals surface area (Å²) >= 11 is 0. The minimum Gasteiger partial charge on any atom is -0.465 e. The van der Waals surface area contributed by atoms with Crippen molar-refractivity contribution in [3.05, 3.63) is 77.7 Å². The predicted molar refractivity (Wildman–Crippen MR) is 97.7 cm³/mol. The molecule has 0 saturated carbocycles. The van der Waals surface area contributed by atoms with E-state index in [9.17, 15) is 14.0 Å². The van der Waals surface area contributed by atoms with E-state index in [1.54, 1.807) is 30.3 Å². The Labute approximate surface area is 155 Å². The zero-order valence-electron chi connectivity index (χ0n) is 14.7. The molecular weight excluding hydrogens is 349 g/mol. The van der Waals surface area contributed by atoms with E-state index in [0.29, 0.717) is 22.4 Å². The molecule has 0 radical (unpaired) electrons. The van der Waals surface area contributed by atoms with Gasteiger partial charge in [-0.2, -0.15) is 0 Å². The van der Waals surface area contributed by atoms with Gasteiger partial charge in [-0.15, -0.1) is 0 Å². The monoisotopic (exact) mass is 365 g/mol. The van der Waals surface area contributed by atoms with Crippen molar-refractivity contribution in [2.75, 3.05) is 14.2 Å². The quantitative estimate of drug-likeness (QED) is 0.651. The lowest BCUT2D eigenvalue weighted by Crippen LogP contribution is -2.16. The molecule has 1 heterocycles. The van der Waals surface area contributed by atoms with Crippen LogP contribution in [0.2, 0.25) is 0 Å². The molecule has 0 amide bonds. The Morgan fingerprint density at radius 1 is 0.852 bits per heavy atom. The van der Waals surface area contributed by atoms with Crippen LogP contribution < -0.4 is 0 Å². The Hall–Kier alpha value is -3.54. The standard InChI is InChI=1S/C21H16FNO4/c1-26-20(24)18-16(13-6-4-3-5-7-13)12-17(23-19(18)21(25)27-2)14-8-10-15(22)11-9-14/h3-12H,1-2H3. The lowest BCUT2D eigenvalue weighted by atomic mass is 9.96. The first-order chi connectivity index (χ1) is 13.0. The van der Waals surface area contributed by atoms with Crippen LogP contribution in [0.25, 0.3) is 22.4 Å². The smallest absolute Gasteiger partial charge is 0.357 e. The maximum absolute atomic E-state index is 13.3. The van der Waals surface area contributed by atoms with Crippen molar-refractivity contribution >= 4 is 11.9 Å². The molecule has 3 aromatic rings. The molecule has 0 spiro atoms. The molecule has 6 heteroatoms. The second-order valence-corrected chi connectivity index (χ2v) is 5.63. The molecule has 27 heavy (non-hydrogen) atoms. The topological polar surface area (TPSA) is 65.5 Å². The van der Waals surface area contributed by atoms with Gasteiger partial charge in [0.05, 0.1) is 19.9 Å². The molecule has 0 fully saturated rings. The van der Waals surface area contributed by atoms with Gasteiger partial charge in [-0.05, 0) is 35.9 Å². The normalized spacial score (nSPS) is 10.3. The van der Waals surface area contributed by atoms with Crippen LogP contribution in [0, 0.1) is 5.82 Å². The number of hydrogen-bond donors (Lipinski definition) is 0. The van der Waals surface area contributed by atoms with Crippen LogP contribution in [0.15, 0.2) is 60.7 Å². The first kappa shape index (κ1) is 18.3. The van der Waals surface area contributed by atoms with Crippen LogP contribution >= 0.6 is 0 Å². The van der Waals surface area contributed by atoms with Gasteiger partial charge >= 0.3 is 11.9 Å². The molecule has 136 valence electrons. The summed E-state index contributed by atoms with van der Waals surface area (Å²) < 4.78 is 22.9. The molecule has 0 saturated heterocycles. The van der Waals surface area contributed by atoms with Gasteiger partial charge in [0.15, 0.2) is 5.69 Å². The number of aromatic nitrogens is 1. The average molecular weight is 365 g/mol. The number of pyridine rings is 1. The molecule has 0 aliphatic carbocycles. The van der Waals surface area contributed by atoms with Crippen molar-refractivity contribution in [1.29, 1.82) is 0 Å². The number of benzene rings is 2. The van der Waals surface area contributed by atoms with E-state index >= 15 is 0 Å². The van der Waals surface area contributed by atoms with E-state index < -0.39 is 11.9 Å². The summed E-state index contributed by atoms with van der Waals surface area (Å²) in [4.78, 5) is 29.0. The number of nitrogens with zero attached hydrogens (tertiary/aromatic N) is 1. The van der Waals surface area contributed by atoms with Crippen LogP contribution in [-0.2, 0) is 9.47 Å². The molecule has 2 aromatic carbocycles. The summed E-state index contributed by atoms with van der Waals surface area (Å²) in [6.07, 6.45) is 0. The largest absolute Gasteiger partial charge is 0.465 e. The van der Waals surface area contributed by atoms with Crippen molar-refractivity contribution in [3.8, 4) is 22.4 Å². The van der Waals surface area contributed by atoms with Gasteiger partial charge in [0.2, 0.25) is 0 Å². The molecule has 0 unspecified atom stereocenters. The van der Waals surface area contributed by atoms with Gasteiger partial charge in [-0.1, -0.05) is 30.3 Å². The van der Waals surface area contributed by atoms with Crippen LogP contribution in [0.3, 0.4) is 0 Å². The zero-order chi connectivity index (χ0) is 19.4. The molecule has 0 aliphatic heterocycles. The molecular formula is C21H16FNO4. The number of halogens is 1. The zero-order valence-corrected chi connectivity index (χ0v) is 14.7. The highest BCUT2D eigenvalue weighted by atomic mass is 19.1. The van der Waals surface area contributed by atoms with E-state index in [-0.39, 0.29) is 17.1 Å². The Morgan fingerprint density at radius 3 is 2.07 bits per heavy atom. The first-order valence-electron chi connectivity index (χ1n) is 8.08. The summed E-state index contributed by atoms with van der Waals surface area (Å²) in [6.45, 7) is 0. The van der Waals surface area contributed by atoms with Gasteiger partial charge in [0.25, 0.3) is 0 Å². The second kappa shape index (κ2) is 7.78. The third kappa shape index (κ3) is 3.69. The Bertz CT molecular complexity index is 985. The average Bonchev–Trinajstić information content (AvgIpc) is 2.72. The number of methoxy groups -OCH3 is 2. The molecule has 0 bridgehead atoms. The summed E-state index contributed by atoms with van der Waals surface area (Å²) in [7, 11) is 2.43. The van der Waals surface area contributed by atoms with Crippen molar-refractivity contribution in [2.24, 2.45) is 0 Å². The van der Waals surface area contributed by atoms with E-state index in [1.807, 2.05) is 18.2 Å². The molecule has 0 atom stereocenters. The predicted octanol–water partition coefficient (Wildman–Crippen LogP) is 4.13. The van der Waals surface area contributed by atoms with Crippen molar-refractivity contribution in [3.63, 3.8) is 0 Å². The van der Waals surface area contributed by atoms with E-state index in [4.69, 9.17) is 9.47 Å². The van der Waals surface area contributed by atoms with Crippen molar-refractivity contribution < 1.29 is 23.5 Å². The fourth-order valence-electron chi connectivity index (χ4n) is 2.71. The summed E-state index contributed by atoms with van der Waals surface area (Å²) in [6, 6.07) is 16.4. The third-order valence-electron chi connectivity index (χ3n) is 4.01. The fourth-order valence-corrected chi connectivity index (χ4v) is 2.71. The fraction of sp³-hybridized carbons (Fsp3) is 0.0952. The van der Waals surface area contributed by atoms with Gasteiger partial charge in [0.1, 0.15) is 11.4 Å². The van der Waals surface area contributed by atoms with Gasteiger partial charge < -0.3 is 9.47 Å². The maximum Gasteiger partial charge on any atom is 0.357 e. The first-order valence-corrected chi connectivity index (χ1v) is 8.08. The Balaban J connectivity index is 2.33. The highest BCUT2D eigenvalue weighted by molar-refractivity contribution is 6.07. The molecule has 0 N–H and O–H groups in total. The van der Waals surface area contributed by atoms with E-state index in [2.05, 4.69) is 4.98 Å². The van der Waals surface area contributed by atoms with Crippen molar-refractivity contribution in [2.45, 2.75) is 0 Å². The van der Waals surface area contributed by atoms with E-state index in [1.165, 1.54) is 26.4 Å². The van der Waals surface area contributed by atoms with Crippen LogP contribution in [0.4, 0.5) is 4.39 Å². The van der Waals surface area contributed by atoms with Gasteiger partial charge in [-0.25, -0.2) is 19.0 Å². The molecule has 0 aliphatic rings. The van der Waals surface area contributed by atoms with Gasteiger partial charge in [-0.3, -0.25) is 0 Å².